The number of carbonyl (C=O) groups is 1. The standard InChI is InChI=1S/C15H20O3/c1-3-11(2)15(16)18-9-13-6-4-12(5-7-13)8-14-10-17-14/h4-7,11,14H,3,8-10H2,1-2H3. The zero-order valence-corrected chi connectivity index (χ0v) is 11.0. The first kappa shape index (κ1) is 13.1. The lowest BCUT2D eigenvalue weighted by Crippen LogP contribution is -2.13. The van der Waals surface area contributed by atoms with E-state index in [9.17, 15) is 4.79 Å². The lowest BCUT2D eigenvalue weighted by Gasteiger charge is -2.09. The van der Waals surface area contributed by atoms with Crippen molar-refractivity contribution in [3.05, 3.63) is 35.4 Å². The molecule has 18 heavy (non-hydrogen) atoms. The molecule has 0 spiro atoms. The Morgan fingerprint density at radius 1 is 1.39 bits per heavy atom. The van der Waals surface area contributed by atoms with Crippen LogP contribution in [0.3, 0.4) is 0 Å². The molecule has 1 aromatic rings. The fraction of sp³-hybridized carbons (Fsp3) is 0.533. The molecule has 1 aliphatic rings. The van der Waals surface area contributed by atoms with Crippen molar-refractivity contribution in [2.75, 3.05) is 6.61 Å². The molecule has 1 aromatic carbocycles. The lowest BCUT2D eigenvalue weighted by molar-refractivity contribution is -0.149. The monoisotopic (exact) mass is 248 g/mol. The van der Waals surface area contributed by atoms with E-state index in [2.05, 4.69) is 12.1 Å². The molecule has 1 fully saturated rings. The molecule has 2 atom stereocenters. The normalized spacial score (nSPS) is 19.3. The Labute approximate surface area is 108 Å². The fourth-order valence-corrected chi connectivity index (χ4v) is 1.68. The summed E-state index contributed by atoms with van der Waals surface area (Å²) in [7, 11) is 0. The van der Waals surface area contributed by atoms with E-state index in [0.29, 0.717) is 12.7 Å². The SMILES string of the molecule is CCC(C)C(=O)OCc1ccc(CC2CO2)cc1. The van der Waals surface area contributed by atoms with E-state index in [1.165, 1.54) is 5.56 Å². The summed E-state index contributed by atoms with van der Waals surface area (Å²) in [6, 6.07) is 8.19. The average molecular weight is 248 g/mol. The molecule has 0 saturated carbocycles. The second-order valence-electron chi connectivity index (χ2n) is 4.89. The van der Waals surface area contributed by atoms with Gasteiger partial charge in [-0.25, -0.2) is 0 Å². The Bertz CT molecular complexity index is 393. The van der Waals surface area contributed by atoms with E-state index in [1.54, 1.807) is 0 Å². The maximum absolute atomic E-state index is 11.5. The highest BCUT2D eigenvalue weighted by Gasteiger charge is 2.22. The van der Waals surface area contributed by atoms with Crippen molar-refractivity contribution in [1.29, 1.82) is 0 Å². The summed E-state index contributed by atoms with van der Waals surface area (Å²) in [6.45, 7) is 5.12. The van der Waals surface area contributed by atoms with Crippen molar-refractivity contribution in [3.8, 4) is 0 Å². The van der Waals surface area contributed by atoms with Crippen LogP contribution in [-0.4, -0.2) is 18.7 Å². The van der Waals surface area contributed by atoms with Gasteiger partial charge in [-0.3, -0.25) is 4.79 Å². The average Bonchev–Trinajstić information content (AvgIpc) is 3.20. The van der Waals surface area contributed by atoms with Gasteiger partial charge in [-0.15, -0.1) is 0 Å². The van der Waals surface area contributed by atoms with Crippen molar-refractivity contribution in [2.45, 2.75) is 39.4 Å². The van der Waals surface area contributed by atoms with Gasteiger partial charge in [0.15, 0.2) is 0 Å². The predicted molar refractivity (Wildman–Crippen MR) is 69.1 cm³/mol. The fourth-order valence-electron chi connectivity index (χ4n) is 1.68. The van der Waals surface area contributed by atoms with E-state index in [0.717, 1.165) is 25.0 Å². The third-order valence-electron chi connectivity index (χ3n) is 3.28. The molecule has 98 valence electrons. The molecule has 0 radical (unpaired) electrons. The Balaban J connectivity index is 1.80. The third kappa shape index (κ3) is 3.84. The highest BCUT2D eigenvalue weighted by Crippen LogP contribution is 2.17. The summed E-state index contributed by atoms with van der Waals surface area (Å²) in [5.41, 5.74) is 2.31. The maximum Gasteiger partial charge on any atom is 0.308 e. The number of epoxide rings is 1. The molecular weight excluding hydrogens is 228 g/mol. The van der Waals surface area contributed by atoms with Crippen molar-refractivity contribution in [2.24, 2.45) is 5.92 Å². The number of hydrogen-bond donors (Lipinski definition) is 0. The Morgan fingerprint density at radius 2 is 2.00 bits per heavy atom. The largest absolute Gasteiger partial charge is 0.461 e. The van der Waals surface area contributed by atoms with Gasteiger partial charge in [-0.1, -0.05) is 38.1 Å². The molecule has 3 heteroatoms. The van der Waals surface area contributed by atoms with E-state index in [1.807, 2.05) is 26.0 Å². The molecule has 0 aliphatic carbocycles. The number of rotatable bonds is 6. The summed E-state index contributed by atoms with van der Waals surface area (Å²) in [5.74, 6) is -0.135. The second kappa shape index (κ2) is 6.01. The van der Waals surface area contributed by atoms with Gasteiger partial charge in [0, 0.05) is 6.42 Å². The molecule has 0 amide bonds. The van der Waals surface area contributed by atoms with Crippen LogP contribution in [0.15, 0.2) is 24.3 Å². The number of ether oxygens (including phenoxy) is 2. The van der Waals surface area contributed by atoms with Crippen LogP contribution in [0, 0.1) is 5.92 Å². The van der Waals surface area contributed by atoms with Gasteiger partial charge in [0.1, 0.15) is 6.61 Å². The van der Waals surface area contributed by atoms with Crippen LogP contribution >= 0.6 is 0 Å². The number of esters is 1. The summed E-state index contributed by atoms with van der Waals surface area (Å²) in [5, 5.41) is 0. The zero-order chi connectivity index (χ0) is 13.0. The first-order valence-electron chi connectivity index (χ1n) is 6.55. The molecular formula is C15H20O3. The Hall–Kier alpha value is -1.35. The molecule has 2 rings (SSSR count). The lowest BCUT2D eigenvalue weighted by atomic mass is 10.1. The third-order valence-corrected chi connectivity index (χ3v) is 3.28. The number of benzene rings is 1. The van der Waals surface area contributed by atoms with Crippen LogP contribution < -0.4 is 0 Å². The minimum Gasteiger partial charge on any atom is -0.461 e. The van der Waals surface area contributed by atoms with E-state index in [-0.39, 0.29) is 11.9 Å². The predicted octanol–water partition coefficient (Wildman–Crippen LogP) is 2.72. The summed E-state index contributed by atoms with van der Waals surface area (Å²) < 4.78 is 10.4. The maximum atomic E-state index is 11.5. The smallest absolute Gasteiger partial charge is 0.308 e. The first-order valence-corrected chi connectivity index (χ1v) is 6.55. The van der Waals surface area contributed by atoms with Gasteiger partial charge in [0.05, 0.1) is 18.6 Å². The van der Waals surface area contributed by atoms with E-state index >= 15 is 0 Å². The van der Waals surface area contributed by atoms with Gasteiger partial charge in [-0.2, -0.15) is 0 Å². The van der Waals surface area contributed by atoms with Crippen LogP contribution in [-0.2, 0) is 27.3 Å². The van der Waals surface area contributed by atoms with Gasteiger partial charge in [0.2, 0.25) is 0 Å². The summed E-state index contributed by atoms with van der Waals surface area (Å²) in [6.07, 6.45) is 2.21. The first-order chi connectivity index (χ1) is 8.69. The topological polar surface area (TPSA) is 38.8 Å². The van der Waals surface area contributed by atoms with Crippen LogP contribution in [0.1, 0.15) is 31.4 Å². The van der Waals surface area contributed by atoms with Gasteiger partial charge >= 0.3 is 5.97 Å². The number of hydrogen-bond acceptors (Lipinski definition) is 3. The molecule has 0 N–H and O–H groups in total. The highest BCUT2D eigenvalue weighted by atomic mass is 16.6. The molecule has 1 heterocycles. The van der Waals surface area contributed by atoms with Crippen LogP contribution in [0.5, 0.6) is 0 Å². The molecule has 3 nitrogen and oxygen atoms in total. The molecule has 0 aromatic heterocycles. The minimum absolute atomic E-state index is 0.0173. The van der Waals surface area contributed by atoms with Crippen molar-refractivity contribution >= 4 is 5.97 Å². The minimum atomic E-state index is -0.118. The van der Waals surface area contributed by atoms with Crippen molar-refractivity contribution in [3.63, 3.8) is 0 Å². The van der Waals surface area contributed by atoms with Gasteiger partial charge in [0.25, 0.3) is 0 Å². The zero-order valence-electron chi connectivity index (χ0n) is 11.0. The molecule has 0 bridgehead atoms. The van der Waals surface area contributed by atoms with Crippen LogP contribution in [0.2, 0.25) is 0 Å². The Morgan fingerprint density at radius 3 is 2.56 bits per heavy atom. The van der Waals surface area contributed by atoms with Gasteiger partial charge < -0.3 is 9.47 Å². The summed E-state index contributed by atoms with van der Waals surface area (Å²) in [4.78, 5) is 11.5. The van der Waals surface area contributed by atoms with Crippen LogP contribution in [0.25, 0.3) is 0 Å². The number of carbonyl (C=O) groups excluding carboxylic acids is 1. The van der Waals surface area contributed by atoms with Crippen molar-refractivity contribution in [1.82, 2.24) is 0 Å². The van der Waals surface area contributed by atoms with E-state index in [4.69, 9.17) is 9.47 Å². The molecule has 1 saturated heterocycles. The van der Waals surface area contributed by atoms with Crippen molar-refractivity contribution < 1.29 is 14.3 Å². The summed E-state index contributed by atoms with van der Waals surface area (Å²) >= 11 is 0. The Kier molecular flexibility index (Phi) is 4.37. The quantitative estimate of drug-likeness (QED) is 0.574. The van der Waals surface area contributed by atoms with Gasteiger partial charge in [-0.05, 0) is 17.5 Å². The second-order valence-corrected chi connectivity index (χ2v) is 4.89. The highest BCUT2D eigenvalue weighted by molar-refractivity contribution is 5.71. The van der Waals surface area contributed by atoms with E-state index < -0.39 is 0 Å². The molecule has 2 unspecified atom stereocenters. The molecule has 1 aliphatic heterocycles. The van der Waals surface area contributed by atoms with Crippen LogP contribution in [0.4, 0.5) is 0 Å².